The van der Waals surface area contributed by atoms with E-state index in [-0.39, 0.29) is 5.78 Å². The first-order chi connectivity index (χ1) is 7.70. The van der Waals surface area contributed by atoms with E-state index in [1.54, 1.807) is 6.92 Å². The second-order valence-corrected chi connectivity index (χ2v) is 3.90. The molecule has 0 spiro atoms. The van der Waals surface area contributed by atoms with E-state index in [2.05, 4.69) is 18.2 Å². The Morgan fingerprint density at radius 2 is 1.62 bits per heavy atom. The molecule has 0 saturated carbocycles. The van der Waals surface area contributed by atoms with Crippen molar-refractivity contribution >= 4 is 5.78 Å². The van der Waals surface area contributed by atoms with Crippen molar-refractivity contribution < 1.29 is 4.79 Å². The van der Waals surface area contributed by atoms with Gasteiger partial charge in [0, 0.05) is 5.56 Å². The average molecular weight is 210 g/mol. The monoisotopic (exact) mass is 210 g/mol. The van der Waals surface area contributed by atoms with Gasteiger partial charge in [-0.05, 0) is 30.5 Å². The molecule has 1 heteroatoms. The number of carbonyl (C=O) groups is 1. The summed E-state index contributed by atoms with van der Waals surface area (Å²) in [4.78, 5) is 11.4. The highest BCUT2D eigenvalue weighted by Gasteiger charge is 2.08. The predicted molar refractivity (Wildman–Crippen MR) is 66.6 cm³/mol. The van der Waals surface area contributed by atoms with E-state index >= 15 is 0 Å². The maximum atomic E-state index is 11.4. The van der Waals surface area contributed by atoms with Crippen LogP contribution in [0.3, 0.4) is 0 Å². The zero-order valence-electron chi connectivity index (χ0n) is 9.53. The Hall–Kier alpha value is -1.89. The standard InChI is InChI=1S/C15H14O/c1-11-14(12(2)16)9-6-10-15(11)13-7-4-3-5-8-13/h3-10H,1-2H3. The zero-order valence-corrected chi connectivity index (χ0v) is 9.53. The smallest absolute Gasteiger partial charge is 0.160 e. The van der Waals surface area contributed by atoms with Gasteiger partial charge in [0.2, 0.25) is 0 Å². The molecule has 0 aromatic heterocycles. The Labute approximate surface area is 95.7 Å². The fourth-order valence-electron chi connectivity index (χ4n) is 1.95. The Bertz CT molecular complexity index is 512. The molecule has 80 valence electrons. The number of hydrogen-bond acceptors (Lipinski definition) is 1. The van der Waals surface area contributed by atoms with Crippen molar-refractivity contribution in [2.75, 3.05) is 0 Å². The highest BCUT2D eigenvalue weighted by atomic mass is 16.1. The lowest BCUT2D eigenvalue weighted by molar-refractivity contribution is 0.101. The summed E-state index contributed by atoms with van der Waals surface area (Å²) in [6.07, 6.45) is 0. The Morgan fingerprint density at radius 1 is 0.938 bits per heavy atom. The van der Waals surface area contributed by atoms with Crippen LogP contribution >= 0.6 is 0 Å². The number of benzene rings is 2. The highest BCUT2D eigenvalue weighted by Crippen LogP contribution is 2.25. The van der Waals surface area contributed by atoms with E-state index in [1.165, 1.54) is 0 Å². The number of rotatable bonds is 2. The second kappa shape index (κ2) is 4.31. The van der Waals surface area contributed by atoms with Gasteiger partial charge in [0.05, 0.1) is 0 Å². The molecular formula is C15H14O. The third-order valence-electron chi connectivity index (χ3n) is 2.80. The van der Waals surface area contributed by atoms with Crippen molar-refractivity contribution in [2.45, 2.75) is 13.8 Å². The van der Waals surface area contributed by atoms with Crippen LogP contribution in [-0.4, -0.2) is 5.78 Å². The molecule has 0 unspecified atom stereocenters. The molecule has 0 atom stereocenters. The van der Waals surface area contributed by atoms with Crippen LogP contribution < -0.4 is 0 Å². The largest absolute Gasteiger partial charge is 0.295 e. The van der Waals surface area contributed by atoms with Gasteiger partial charge in [-0.2, -0.15) is 0 Å². The lowest BCUT2D eigenvalue weighted by Crippen LogP contribution is -1.97. The summed E-state index contributed by atoms with van der Waals surface area (Å²) in [5.74, 6) is 0.121. The van der Waals surface area contributed by atoms with E-state index in [0.29, 0.717) is 0 Å². The van der Waals surface area contributed by atoms with Gasteiger partial charge in [0.25, 0.3) is 0 Å². The minimum atomic E-state index is 0.121. The van der Waals surface area contributed by atoms with E-state index in [1.807, 2.05) is 37.3 Å². The average Bonchev–Trinajstić information content (AvgIpc) is 2.30. The SMILES string of the molecule is CC(=O)c1cccc(-c2ccccc2)c1C. The summed E-state index contributed by atoms with van der Waals surface area (Å²) in [5, 5.41) is 0. The molecule has 0 aliphatic carbocycles. The summed E-state index contributed by atoms with van der Waals surface area (Å²) in [6, 6.07) is 16.0. The van der Waals surface area contributed by atoms with Crippen molar-refractivity contribution in [3.63, 3.8) is 0 Å². The topological polar surface area (TPSA) is 17.1 Å². The highest BCUT2D eigenvalue weighted by molar-refractivity contribution is 5.97. The summed E-state index contributed by atoms with van der Waals surface area (Å²) >= 11 is 0. The van der Waals surface area contributed by atoms with Crippen LogP contribution in [0.25, 0.3) is 11.1 Å². The van der Waals surface area contributed by atoms with Crippen LogP contribution in [0.5, 0.6) is 0 Å². The summed E-state index contributed by atoms with van der Waals surface area (Å²) in [5.41, 5.74) is 4.15. The minimum Gasteiger partial charge on any atom is -0.295 e. The van der Waals surface area contributed by atoms with Crippen LogP contribution in [0, 0.1) is 6.92 Å². The van der Waals surface area contributed by atoms with Crippen LogP contribution in [0.15, 0.2) is 48.5 Å². The third-order valence-corrected chi connectivity index (χ3v) is 2.80. The van der Waals surface area contributed by atoms with E-state index in [4.69, 9.17) is 0 Å². The van der Waals surface area contributed by atoms with Gasteiger partial charge in [0.1, 0.15) is 0 Å². The Morgan fingerprint density at radius 3 is 2.25 bits per heavy atom. The molecule has 2 aromatic carbocycles. The van der Waals surface area contributed by atoms with Gasteiger partial charge in [-0.1, -0.05) is 48.5 Å². The number of Topliss-reactive ketones (excluding diaryl/α,β-unsaturated/α-hetero) is 1. The number of hydrogen-bond donors (Lipinski definition) is 0. The van der Waals surface area contributed by atoms with Crippen LogP contribution in [0.1, 0.15) is 22.8 Å². The van der Waals surface area contributed by atoms with Gasteiger partial charge >= 0.3 is 0 Å². The maximum absolute atomic E-state index is 11.4. The first-order valence-electron chi connectivity index (χ1n) is 5.36. The molecule has 0 saturated heterocycles. The molecule has 0 bridgehead atoms. The van der Waals surface area contributed by atoms with E-state index in [0.717, 1.165) is 22.3 Å². The minimum absolute atomic E-state index is 0.121. The van der Waals surface area contributed by atoms with Crippen molar-refractivity contribution in [3.05, 3.63) is 59.7 Å². The maximum Gasteiger partial charge on any atom is 0.160 e. The molecular weight excluding hydrogens is 196 g/mol. The molecule has 1 nitrogen and oxygen atoms in total. The molecule has 2 aromatic rings. The van der Waals surface area contributed by atoms with Crippen molar-refractivity contribution in [2.24, 2.45) is 0 Å². The fraction of sp³-hybridized carbons (Fsp3) is 0.133. The summed E-state index contributed by atoms with van der Waals surface area (Å²) in [6.45, 7) is 3.61. The quantitative estimate of drug-likeness (QED) is 0.688. The van der Waals surface area contributed by atoms with Crippen LogP contribution in [-0.2, 0) is 0 Å². The van der Waals surface area contributed by atoms with Crippen molar-refractivity contribution in [3.8, 4) is 11.1 Å². The lowest BCUT2D eigenvalue weighted by Gasteiger charge is -2.09. The molecule has 0 radical (unpaired) electrons. The van der Waals surface area contributed by atoms with E-state index in [9.17, 15) is 4.79 Å². The summed E-state index contributed by atoms with van der Waals surface area (Å²) < 4.78 is 0. The van der Waals surface area contributed by atoms with Crippen LogP contribution in [0.4, 0.5) is 0 Å². The lowest BCUT2D eigenvalue weighted by atomic mass is 9.95. The molecule has 0 aliphatic rings. The molecule has 0 fully saturated rings. The van der Waals surface area contributed by atoms with Gasteiger partial charge in [-0.15, -0.1) is 0 Å². The molecule has 0 amide bonds. The van der Waals surface area contributed by atoms with Gasteiger partial charge < -0.3 is 0 Å². The van der Waals surface area contributed by atoms with Crippen molar-refractivity contribution in [1.82, 2.24) is 0 Å². The van der Waals surface area contributed by atoms with Crippen LogP contribution in [0.2, 0.25) is 0 Å². The van der Waals surface area contributed by atoms with Crippen molar-refractivity contribution in [1.29, 1.82) is 0 Å². The first-order valence-corrected chi connectivity index (χ1v) is 5.36. The second-order valence-electron chi connectivity index (χ2n) is 3.90. The molecule has 0 aliphatic heterocycles. The molecule has 16 heavy (non-hydrogen) atoms. The van der Waals surface area contributed by atoms with E-state index < -0.39 is 0 Å². The normalized spacial score (nSPS) is 10.1. The number of carbonyl (C=O) groups excluding carboxylic acids is 1. The van der Waals surface area contributed by atoms with Gasteiger partial charge in [-0.3, -0.25) is 4.79 Å². The Balaban J connectivity index is 2.59. The molecule has 0 heterocycles. The molecule has 2 rings (SSSR count). The fourth-order valence-corrected chi connectivity index (χ4v) is 1.95. The summed E-state index contributed by atoms with van der Waals surface area (Å²) in [7, 11) is 0. The first kappa shape index (κ1) is 10.6. The number of ketones is 1. The molecule has 0 N–H and O–H groups in total. The Kier molecular flexibility index (Phi) is 2.86. The predicted octanol–water partition coefficient (Wildman–Crippen LogP) is 3.86. The zero-order chi connectivity index (χ0) is 11.5. The van der Waals surface area contributed by atoms with Gasteiger partial charge in [0.15, 0.2) is 5.78 Å². The third kappa shape index (κ3) is 1.89. The van der Waals surface area contributed by atoms with Gasteiger partial charge in [-0.25, -0.2) is 0 Å².